The number of methoxy groups -OCH3 is 1. The Hall–Kier alpha value is -2.09. The minimum Gasteiger partial charge on any atom is -0.490 e. The maximum Gasteiger partial charge on any atom is 0.242 e. The normalized spacial score (nSPS) is 18.6. The molecule has 1 atom stereocenters. The zero-order valence-corrected chi connectivity index (χ0v) is 11.7. The number of hydrogen-bond acceptors (Lipinski definition) is 7. The third kappa shape index (κ3) is 2.60. The number of hydrogen-bond donors (Lipinski definition) is 3. The number of hydrazine groups is 1. The van der Waals surface area contributed by atoms with Crippen LogP contribution < -0.4 is 26.2 Å². The predicted molar refractivity (Wildman–Crippen MR) is 75.4 cm³/mol. The van der Waals surface area contributed by atoms with Crippen molar-refractivity contribution in [3.05, 3.63) is 6.33 Å². The molecule has 4 N–H and O–H groups in total. The number of nitrogens with two attached hydrogens (primary N) is 1. The first kappa shape index (κ1) is 14.3. The van der Waals surface area contributed by atoms with E-state index in [1.54, 1.807) is 7.05 Å². The molecule has 1 aromatic rings. The molecule has 20 heavy (non-hydrogen) atoms. The molecule has 0 bridgehead atoms. The Balaban J connectivity index is 2.39. The van der Waals surface area contributed by atoms with Gasteiger partial charge in [0.05, 0.1) is 7.11 Å². The average molecular weight is 280 g/mol. The highest BCUT2D eigenvalue weighted by atomic mass is 16.5. The van der Waals surface area contributed by atoms with Crippen LogP contribution in [-0.4, -0.2) is 42.6 Å². The average Bonchev–Trinajstić information content (AvgIpc) is 2.53. The molecule has 0 radical (unpaired) electrons. The Morgan fingerprint density at radius 1 is 1.50 bits per heavy atom. The van der Waals surface area contributed by atoms with Crippen LogP contribution in [-0.2, 0) is 4.79 Å². The molecule has 1 aliphatic rings. The van der Waals surface area contributed by atoms with Crippen molar-refractivity contribution >= 4 is 17.5 Å². The zero-order valence-electron chi connectivity index (χ0n) is 11.7. The largest absolute Gasteiger partial charge is 0.490 e. The van der Waals surface area contributed by atoms with E-state index in [-0.39, 0.29) is 11.9 Å². The van der Waals surface area contributed by atoms with Crippen LogP contribution in [0.4, 0.5) is 11.6 Å². The topological polar surface area (TPSA) is 105 Å². The van der Waals surface area contributed by atoms with Crippen LogP contribution in [0.25, 0.3) is 0 Å². The number of nitrogen functional groups attached to an aromatic ring is 1. The summed E-state index contributed by atoms with van der Waals surface area (Å²) in [6.07, 6.45) is 4.22. The number of aromatic nitrogens is 2. The van der Waals surface area contributed by atoms with Crippen LogP contribution in [0.5, 0.6) is 5.75 Å². The molecule has 8 nitrogen and oxygen atoms in total. The fourth-order valence-electron chi connectivity index (χ4n) is 2.48. The standard InChI is InChI=1S/C12H20N6O2/c1-14-12(19)8-5-3-4-6-18(8)11-9(20-2)10(17-13)15-7-16-11/h7-8H,3-6,13H2,1-2H3,(H,14,19)(H,15,16,17). The first-order chi connectivity index (χ1) is 9.72. The maximum atomic E-state index is 12.0. The van der Waals surface area contributed by atoms with Crippen LogP contribution in [0, 0.1) is 0 Å². The number of amides is 1. The molecule has 1 aromatic heterocycles. The molecule has 110 valence electrons. The summed E-state index contributed by atoms with van der Waals surface area (Å²) in [7, 11) is 3.17. The monoisotopic (exact) mass is 280 g/mol. The van der Waals surface area contributed by atoms with Gasteiger partial charge in [-0.25, -0.2) is 15.8 Å². The van der Waals surface area contributed by atoms with Crippen molar-refractivity contribution in [2.75, 3.05) is 31.0 Å². The molecule has 2 rings (SSSR count). The first-order valence-electron chi connectivity index (χ1n) is 6.56. The van der Waals surface area contributed by atoms with Crippen LogP contribution in [0.1, 0.15) is 19.3 Å². The van der Waals surface area contributed by atoms with Crippen LogP contribution in [0.15, 0.2) is 6.33 Å². The van der Waals surface area contributed by atoms with Crippen molar-refractivity contribution in [3.8, 4) is 5.75 Å². The minimum atomic E-state index is -0.247. The quantitative estimate of drug-likeness (QED) is 0.521. The summed E-state index contributed by atoms with van der Waals surface area (Å²) < 4.78 is 5.34. The third-order valence-electron chi connectivity index (χ3n) is 3.45. The highest BCUT2D eigenvalue weighted by Gasteiger charge is 2.31. The second-order valence-electron chi connectivity index (χ2n) is 4.54. The number of nitrogens with zero attached hydrogens (tertiary/aromatic N) is 3. The molecule has 2 heterocycles. The minimum absolute atomic E-state index is 0.0207. The molecule has 0 aliphatic carbocycles. The number of ether oxygens (including phenoxy) is 1. The van der Waals surface area contributed by atoms with Gasteiger partial charge in [-0.05, 0) is 19.3 Å². The van der Waals surface area contributed by atoms with E-state index in [0.717, 1.165) is 25.8 Å². The fourth-order valence-corrected chi connectivity index (χ4v) is 2.48. The summed E-state index contributed by atoms with van der Waals surface area (Å²) in [4.78, 5) is 22.3. The summed E-state index contributed by atoms with van der Waals surface area (Å²) in [5.41, 5.74) is 2.48. The lowest BCUT2D eigenvalue weighted by Gasteiger charge is -2.35. The van der Waals surface area contributed by atoms with Gasteiger partial charge in [0.15, 0.2) is 11.6 Å². The van der Waals surface area contributed by atoms with Crippen molar-refractivity contribution < 1.29 is 9.53 Å². The number of anilines is 2. The van der Waals surface area contributed by atoms with Gasteiger partial charge in [0.25, 0.3) is 0 Å². The van der Waals surface area contributed by atoms with Gasteiger partial charge in [-0.2, -0.15) is 0 Å². The highest BCUT2D eigenvalue weighted by molar-refractivity contribution is 5.85. The van der Waals surface area contributed by atoms with Crippen molar-refractivity contribution in [1.82, 2.24) is 15.3 Å². The molecule has 1 saturated heterocycles. The Bertz CT molecular complexity index is 481. The van der Waals surface area contributed by atoms with Gasteiger partial charge in [0.1, 0.15) is 12.4 Å². The van der Waals surface area contributed by atoms with E-state index in [4.69, 9.17) is 10.6 Å². The molecule has 0 saturated carbocycles. The van der Waals surface area contributed by atoms with Gasteiger partial charge >= 0.3 is 0 Å². The number of nitrogens with one attached hydrogen (secondary N) is 2. The first-order valence-corrected chi connectivity index (χ1v) is 6.56. The zero-order chi connectivity index (χ0) is 14.5. The number of likely N-dealkylation sites (N-methyl/N-ethyl adjacent to an activating group) is 1. The summed E-state index contributed by atoms with van der Waals surface area (Å²) >= 11 is 0. The summed E-state index contributed by atoms with van der Waals surface area (Å²) in [6, 6.07) is -0.247. The van der Waals surface area contributed by atoms with Crippen LogP contribution in [0.3, 0.4) is 0 Å². The van der Waals surface area contributed by atoms with E-state index in [9.17, 15) is 4.79 Å². The lowest BCUT2D eigenvalue weighted by atomic mass is 10.0. The second-order valence-corrected chi connectivity index (χ2v) is 4.54. The lowest BCUT2D eigenvalue weighted by molar-refractivity contribution is -0.122. The van der Waals surface area contributed by atoms with E-state index in [0.29, 0.717) is 17.4 Å². The number of carbonyl (C=O) groups excluding carboxylic acids is 1. The Morgan fingerprint density at radius 2 is 2.30 bits per heavy atom. The Labute approximate surface area is 117 Å². The predicted octanol–water partition coefficient (Wildman–Crippen LogP) is -0.124. The molecular weight excluding hydrogens is 260 g/mol. The molecule has 1 fully saturated rings. The SMILES string of the molecule is CNC(=O)C1CCCCN1c1ncnc(NN)c1OC. The van der Waals surface area contributed by atoms with Crippen molar-refractivity contribution in [1.29, 1.82) is 0 Å². The molecular formula is C12H20N6O2. The van der Waals surface area contributed by atoms with E-state index < -0.39 is 0 Å². The van der Waals surface area contributed by atoms with Crippen LogP contribution >= 0.6 is 0 Å². The molecule has 1 unspecified atom stereocenters. The van der Waals surface area contributed by atoms with Gasteiger partial charge in [-0.15, -0.1) is 0 Å². The van der Waals surface area contributed by atoms with Gasteiger partial charge < -0.3 is 20.4 Å². The van der Waals surface area contributed by atoms with Crippen molar-refractivity contribution in [2.45, 2.75) is 25.3 Å². The second kappa shape index (κ2) is 6.38. The summed E-state index contributed by atoms with van der Waals surface area (Å²) in [5.74, 6) is 6.84. The van der Waals surface area contributed by atoms with Gasteiger partial charge in [0, 0.05) is 13.6 Å². The Kier molecular flexibility index (Phi) is 4.57. The Morgan fingerprint density at radius 3 is 2.95 bits per heavy atom. The van der Waals surface area contributed by atoms with Gasteiger partial charge in [0.2, 0.25) is 11.7 Å². The van der Waals surface area contributed by atoms with E-state index in [1.807, 2.05) is 4.90 Å². The van der Waals surface area contributed by atoms with Crippen LogP contribution in [0.2, 0.25) is 0 Å². The fraction of sp³-hybridized carbons (Fsp3) is 0.583. The van der Waals surface area contributed by atoms with Gasteiger partial charge in [-0.1, -0.05) is 0 Å². The van der Waals surface area contributed by atoms with Gasteiger partial charge in [-0.3, -0.25) is 4.79 Å². The third-order valence-corrected chi connectivity index (χ3v) is 3.45. The smallest absolute Gasteiger partial charge is 0.242 e. The number of carbonyl (C=O) groups is 1. The van der Waals surface area contributed by atoms with E-state index >= 15 is 0 Å². The highest BCUT2D eigenvalue weighted by Crippen LogP contribution is 2.34. The summed E-state index contributed by atoms with van der Waals surface area (Å²) in [6.45, 7) is 0.746. The number of rotatable bonds is 4. The maximum absolute atomic E-state index is 12.0. The van der Waals surface area contributed by atoms with Crippen molar-refractivity contribution in [3.63, 3.8) is 0 Å². The molecule has 8 heteroatoms. The molecule has 0 aromatic carbocycles. The molecule has 1 amide bonds. The van der Waals surface area contributed by atoms with Crippen molar-refractivity contribution in [2.24, 2.45) is 5.84 Å². The number of piperidine rings is 1. The van der Waals surface area contributed by atoms with E-state index in [2.05, 4.69) is 20.7 Å². The molecule has 1 aliphatic heterocycles. The lowest BCUT2D eigenvalue weighted by Crippen LogP contribution is -2.49. The van der Waals surface area contributed by atoms with E-state index in [1.165, 1.54) is 13.4 Å². The molecule has 0 spiro atoms. The summed E-state index contributed by atoms with van der Waals surface area (Å²) in [5, 5.41) is 2.70.